The highest BCUT2D eigenvalue weighted by Gasteiger charge is 2.34. The van der Waals surface area contributed by atoms with Crippen molar-refractivity contribution in [2.75, 3.05) is 17.1 Å². The molecule has 1 aromatic heterocycles. The number of alkyl halides is 3. The van der Waals surface area contributed by atoms with Crippen LogP contribution in [0.2, 0.25) is 0 Å². The van der Waals surface area contributed by atoms with Gasteiger partial charge in [-0.3, -0.25) is 9.10 Å². The Morgan fingerprint density at radius 1 is 1.09 bits per heavy atom. The average molecular weight is 507 g/mol. The fourth-order valence-electron chi connectivity index (χ4n) is 3.65. The Bertz CT molecular complexity index is 1360. The lowest BCUT2D eigenvalue weighted by atomic mass is 10.1. The van der Waals surface area contributed by atoms with Gasteiger partial charge in [-0.05, 0) is 51.1 Å². The van der Waals surface area contributed by atoms with Gasteiger partial charge in [-0.1, -0.05) is 29.8 Å². The van der Waals surface area contributed by atoms with Crippen LogP contribution in [-0.4, -0.2) is 37.9 Å². The molecular weight excluding hydrogens is 481 g/mol. The molecule has 0 aliphatic carbocycles. The van der Waals surface area contributed by atoms with Crippen LogP contribution in [-0.2, 0) is 21.0 Å². The lowest BCUT2D eigenvalue weighted by molar-refractivity contribution is -0.137. The number of anilines is 1. The second kappa shape index (κ2) is 9.95. The second-order valence-electron chi connectivity index (χ2n) is 8.08. The molecule has 11 heteroatoms. The number of halogens is 3. The molecule has 0 aliphatic rings. The molecule has 1 heterocycles. The molecule has 0 spiro atoms. The fraction of sp³-hybridized carbons (Fsp3) is 0.250. The number of hydrazone groups is 1. The molecule has 0 fully saturated rings. The molecular formula is C24H25F3N4O3S. The Balaban J connectivity index is 1.80. The lowest BCUT2D eigenvalue weighted by Gasteiger charge is -2.21. The summed E-state index contributed by atoms with van der Waals surface area (Å²) in [7, 11) is -3.73. The Morgan fingerprint density at radius 2 is 1.71 bits per heavy atom. The Kier molecular flexibility index (Phi) is 7.39. The molecule has 0 unspecified atom stereocenters. The van der Waals surface area contributed by atoms with E-state index in [4.69, 9.17) is 0 Å². The molecule has 0 saturated carbocycles. The minimum Gasteiger partial charge on any atom is -0.317 e. The van der Waals surface area contributed by atoms with Gasteiger partial charge in [0.2, 0.25) is 10.0 Å². The van der Waals surface area contributed by atoms with E-state index in [1.165, 1.54) is 29.0 Å². The van der Waals surface area contributed by atoms with Crippen molar-refractivity contribution >= 4 is 27.8 Å². The SMILES string of the molecule is Cc1ccc(N(CC(=O)N/N=C\c2cc(C)n(-c3ccccc3C(F)(F)F)c2C)S(C)(=O)=O)cc1. The molecule has 0 radical (unpaired) electrons. The van der Waals surface area contributed by atoms with Crippen LogP contribution in [0.25, 0.3) is 5.69 Å². The molecule has 2 aromatic carbocycles. The van der Waals surface area contributed by atoms with E-state index >= 15 is 0 Å². The van der Waals surface area contributed by atoms with Gasteiger partial charge < -0.3 is 4.57 Å². The first-order valence-corrected chi connectivity index (χ1v) is 12.4. The first-order chi connectivity index (χ1) is 16.3. The van der Waals surface area contributed by atoms with Gasteiger partial charge in [-0.15, -0.1) is 0 Å². The molecule has 0 atom stereocenters. The molecule has 0 aliphatic heterocycles. The predicted molar refractivity (Wildman–Crippen MR) is 129 cm³/mol. The molecule has 7 nitrogen and oxygen atoms in total. The van der Waals surface area contributed by atoms with E-state index in [-0.39, 0.29) is 5.69 Å². The van der Waals surface area contributed by atoms with Crippen molar-refractivity contribution in [2.24, 2.45) is 5.10 Å². The number of nitrogens with one attached hydrogen (secondary N) is 1. The minimum absolute atomic E-state index is 0.0134. The summed E-state index contributed by atoms with van der Waals surface area (Å²) in [4.78, 5) is 12.4. The minimum atomic E-state index is -4.52. The summed E-state index contributed by atoms with van der Waals surface area (Å²) in [5, 5.41) is 3.88. The number of hydrogen-bond donors (Lipinski definition) is 1. The van der Waals surface area contributed by atoms with Crippen molar-refractivity contribution in [1.82, 2.24) is 9.99 Å². The van der Waals surface area contributed by atoms with E-state index in [2.05, 4.69) is 10.5 Å². The number of aromatic nitrogens is 1. The Morgan fingerprint density at radius 3 is 2.31 bits per heavy atom. The number of carbonyl (C=O) groups excluding carboxylic acids is 1. The van der Waals surface area contributed by atoms with E-state index in [1.54, 1.807) is 44.2 Å². The first-order valence-electron chi connectivity index (χ1n) is 10.5. The molecule has 1 N–H and O–H groups in total. The number of hydrogen-bond acceptors (Lipinski definition) is 4. The van der Waals surface area contributed by atoms with Gasteiger partial charge in [0, 0.05) is 17.0 Å². The third kappa shape index (κ3) is 6.10. The van der Waals surface area contributed by atoms with Gasteiger partial charge in [-0.25, -0.2) is 13.8 Å². The van der Waals surface area contributed by atoms with Crippen molar-refractivity contribution in [3.8, 4) is 5.69 Å². The summed E-state index contributed by atoms with van der Waals surface area (Å²) < 4.78 is 67.3. The van der Waals surface area contributed by atoms with Crippen LogP contribution in [0.1, 0.15) is 28.1 Å². The maximum absolute atomic E-state index is 13.5. The van der Waals surface area contributed by atoms with Crippen LogP contribution in [0.5, 0.6) is 0 Å². The van der Waals surface area contributed by atoms with Gasteiger partial charge >= 0.3 is 6.18 Å². The van der Waals surface area contributed by atoms with E-state index in [1.807, 2.05) is 6.92 Å². The van der Waals surface area contributed by atoms with Crippen LogP contribution in [0, 0.1) is 20.8 Å². The monoisotopic (exact) mass is 506 g/mol. The quantitative estimate of drug-likeness (QED) is 0.382. The summed E-state index contributed by atoms with van der Waals surface area (Å²) in [5.74, 6) is -0.677. The first kappa shape index (κ1) is 26.0. The molecule has 186 valence electrons. The number of para-hydroxylation sites is 1. The molecule has 3 rings (SSSR count). The van der Waals surface area contributed by atoms with Crippen molar-refractivity contribution in [3.63, 3.8) is 0 Å². The predicted octanol–water partition coefficient (Wildman–Crippen LogP) is 4.34. The number of rotatable bonds is 7. The third-order valence-electron chi connectivity index (χ3n) is 5.32. The Hall–Kier alpha value is -3.60. The number of carbonyl (C=O) groups is 1. The highest BCUT2D eigenvalue weighted by molar-refractivity contribution is 7.92. The molecule has 35 heavy (non-hydrogen) atoms. The highest BCUT2D eigenvalue weighted by Crippen LogP contribution is 2.35. The highest BCUT2D eigenvalue weighted by atomic mass is 32.2. The third-order valence-corrected chi connectivity index (χ3v) is 6.46. The largest absolute Gasteiger partial charge is 0.418 e. The van der Waals surface area contributed by atoms with Crippen molar-refractivity contribution < 1.29 is 26.4 Å². The fourth-order valence-corrected chi connectivity index (χ4v) is 4.50. The summed E-state index contributed by atoms with van der Waals surface area (Å²) in [6, 6.07) is 13.6. The van der Waals surface area contributed by atoms with Crippen LogP contribution >= 0.6 is 0 Å². The number of nitrogens with zero attached hydrogens (tertiary/aromatic N) is 3. The molecule has 3 aromatic rings. The number of aryl methyl sites for hydroxylation is 2. The smallest absolute Gasteiger partial charge is 0.317 e. The van der Waals surface area contributed by atoms with Crippen LogP contribution in [0.15, 0.2) is 59.7 Å². The molecule has 0 bridgehead atoms. The average Bonchev–Trinajstić information content (AvgIpc) is 3.04. The summed E-state index contributed by atoms with van der Waals surface area (Å²) in [6.07, 6.45) is -2.22. The van der Waals surface area contributed by atoms with E-state index in [9.17, 15) is 26.4 Å². The van der Waals surface area contributed by atoms with E-state index in [0.29, 0.717) is 22.6 Å². The number of benzene rings is 2. The lowest BCUT2D eigenvalue weighted by Crippen LogP contribution is -2.39. The van der Waals surface area contributed by atoms with Gasteiger partial charge in [0.05, 0.1) is 29.4 Å². The van der Waals surface area contributed by atoms with Crippen LogP contribution in [0.3, 0.4) is 0 Å². The van der Waals surface area contributed by atoms with Crippen molar-refractivity contribution in [2.45, 2.75) is 26.9 Å². The Labute approximate surface area is 201 Å². The maximum Gasteiger partial charge on any atom is 0.418 e. The van der Waals surface area contributed by atoms with Crippen molar-refractivity contribution in [3.05, 3.63) is 82.7 Å². The summed E-state index contributed by atoms with van der Waals surface area (Å²) in [5.41, 5.74) is 4.32. The zero-order chi connectivity index (χ0) is 26.0. The van der Waals surface area contributed by atoms with Gasteiger partial charge in [-0.2, -0.15) is 18.3 Å². The maximum atomic E-state index is 13.5. The summed E-state index contributed by atoms with van der Waals surface area (Å²) in [6.45, 7) is 4.68. The van der Waals surface area contributed by atoms with E-state index < -0.39 is 34.2 Å². The standard InChI is InChI=1S/C24H25F3N4O3S/c1-16-9-11-20(12-10-16)30(35(4,33)34)15-23(32)29-28-14-19-13-17(2)31(18(19)3)22-8-6-5-7-21(22)24(25,26)27/h5-14H,15H2,1-4H3,(H,29,32)/b28-14-. The topological polar surface area (TPSA) is 83.8 Å². The van der Waals surface area contributed by atoms with Crippen LogP contribution < -0.4 is 9.73 Å². The normalized spacial score (nSPS) is 12.2. The second-order valence-corrected chi connectivity index (χ2v) is 9.98. The van der Waals surface area contributed by atoms with E-state index in [0.717, 1.165) is 22.2 Å². The van der Waals surface area contributed by atoms with Crippen LogP contribution in [0.4, 0.5) is 18.9 Å². The molecule has 0 saturated heterocycles. The number of amides is 1. The zero-order valence-electron chi connectivity index (χ0n) is 19.6. The van der Waals surface area contributed by atoms with Gasteiger partial charge in [0.1, 0.15) is 6.54 Å². The van der Waals surface area contributed by atoms with Gasteiger partial charge in [0.15, 0.2) is 0 Å². The number of sulfonamides is 1. The van der Waals surface area contributed by atoms with Crippen molar-refractivity contribution in [1.29, 1.82) is 0 Å². The molecule has 1 amide bonds. The van der Waals surface area contributed by atoms with Gasteiger partial charge in [0.25, 0.3) is 5.91 Å². The zero-order valence-corrected chi connectivity index (χ0v) is 20.4. The summed E-state index contributed by atoms with van der Waals surface area (Å²) >= 11 is 0.